The number of anilines is 1. The summed E-state index contributed by atoms with van der Waals surface area (Å²) >= 11 is 0. The Bertz CT molecular complexity index is 1040. The Labute approximate surface area is 168 Å². The first kappa shape index (κ1) is 9.80. The molecule has 0 spiro atoms. The van der Waals surface area contributed by atoms with Gasteiger partial charge in [-0.2, -0.15) is 13.2 Å². The van der Waals surface area contributed by atoms with Crippen molar-refractivity contribution in [1.29, 1.82) is 0 Å². The van der Waals surface area contributed by atoms with Gasteiger partial charge in [-0.1, -0.05) is 6.07 Å². The Morgan fingerprint density at radius 1 is 1.08 bits per heavy atom. The Balaban J connectivity index is 2.27. The molecule has 8 heteroatoms. The zero-order valence-corrected chi connectivity index (χ0v) is 14.7. The summed E-state index contributed by atoms with van der Waals surface area (Å²) in [5.74, 6) is 0. The van der Waals surface area contributed by atoms with E-state index in [0.29, 0.717) is 12.1 Å². The number of alkyl halides is 3. The maximum Gasteiger partial charge on any atom is 0.494 e. The molecule has 2 saturated heterocycles. The highest BCUT2D eigenvalue weighted by Crippen LogP contribution is 2.39. The van der Waals surface area contributed by atoms with Crippen LogP contribution in [0, 0.1) is 0 Å². The Morgan fingerprint density at radius 3 is 2.15 bits per heavy atom. The van der Waals surface area contributed by atoms with Crippen molar-refractivity contribution in [3.63, 3.8) is 0 Å². The van der Waals surface area contributed by atoms with E-state index in [1.54, 1.807) is 27.7 Å². The highest BCUT2D eigenvalue weighted by Gasteiger charge is 2.52. The van der Waals surface area contributed by atoms with Crippen LogP contribution in [0.4, 0.5) is 18.9 Å². The summed E-state index contributed by atoms with van der Waals surface area (Å²) < 4.78 is 143. The molecule has 144 valence electrons. The second-order valence-electron chi connectivity index (χ2n) is 6.98. The van der Waals surface area contributed by atoms with Crippen molar-refractivity contribution in [1.82, 2.24) is 4.90 Å². The molecular formula is C18H26BF3N2O2. The Kier molecular flexibility index (Phi) is 2.42. The minimum Gasteiger partial charge on any atom is -0.399 e. The van der Waals surface area contributed by atoms with E-state index < -0.39 is 73.6 Å². The minimum absolute atomic E-state index is 0.150. The quantitative estimate of drug-likeness (QED) is 0.736. The van der Waals surface area contributed by atoms with Crippen LogP contribution in [-0.4, -0.2) is 56.2 Å². The molecule has 2 heterocycles. The fraction of sp³-hybridized carbons (Fsp3) is 0.667. The number of hydrogen-bond donors (Lipinski definition) is 0. The monoisotopic (exact) mass is 381 g/mol. The van der Waals surface area contributed by atoms with Gasteiger partial charge >= 0.3 is 13.3 Å². The summed E-state index contributed by atoms with van der Waals surface area (Å²) in [5, 5.41) is 0. The van der Waals surface area contributed by atoms with Gasteiger partial charge < -0.3 is 19.1 Å². The third kappa shape index (κ3) is 3.59. The number of halogens is 3. The molecule has 2 aliphatic heterocycles. The average molecular weight is 381 g/mol. The van der Waals surface area contributed by atoms with Crippen LogP contribution in [0.25, 0.3) is 0 Å². The molecule has 0 bridgehead atoms. The van der Waals surface area contributed by atoms with Gasteiger partial charge in [0.05, 0.1) is 22.2 Å². The van der Waals surface area contributed by atoms with E-state index in [2.05, 4.69) is 0 Å². The van der Waals surface area contributed by atoms with Gasteiger partial charge in [0, 0.05) is 41.3 Å². The van der Waals surface area contributed by atoms with Gasteiger partial charge in [-0.05, 0) is 52.3 Å². The third-order valence-corrected chi connectivity index (χ3v) is 4.64. The lowest BCUT2D eigenvalue weighted by Gasteiger charge is -2.35. The maximum absolute atomic E-state index is 14.3. The van der Waals surface area contributed by atoms with Gasteiger partial charge in [0.15, 0.2) is 0 Å². The number of rotatable bonds is 2. The Morgan fingerprint density at radius 2 is 1.65 bits per heavy atom. The molecule has 1 aromatic carbocycles. The fourth-order valence-electron chi connectivity index (χ4n) is 2.48. The van der Waals surface area contributed by atoms with Crippen LogP contribution in [0.2, 0.25) is 0 Å². The number of benzene rings is 1. The van der Waals surface area contributed by atoms with Crippen LogP contribution < -0.4 is 10.4 Å². The molecule has 2 fully saturated rings. The predicted molar refractivity (Wildman–Crippen MR) is 96.9 cm³/mol. The van der Waals surface area contributed by atoms with Crippen LogP contribution >= 0.6 is 0 Å². The summed E-state index contributed by atoms with van der Waals surface area (Å²) in [7, 11) is -1.28. The molecule has 26 heavy (non-hydrogen) atoms. The number of hydrogen-bond acceptors (Lipinski definition) is 4. The minimum atomic E-state index is -5.25. The van der Waals surface area contributed by atoms with Crippen molar-refractivity contribution >= 4 is 18.3 Å². The zero-order valence-electron chi connectivity index (χ0n) is 25.7. The van der Waals surface area contributed by atoms with Crippen molar-refractivity contribution in [2.75, 3.05) is 37.9 Å². The second kappa shape index (κ2) is 6.42. The highest BCUT2D eigenvalue weighted by atomic mass is 19.4. The molecule has 0 aromatic heterocycles. The van der Waals surface area contributed by atoms with Gasteiger partial charge in [0.1, 0.15) is 0 Å². The SMILES string of the molecule is [2H]C([2H])([2H])N1C([2H])([2H])C([2H])([2H])N(c2ccc(B3OC(C)(C)C(C)(C)O3)cc2C(F)(F)F)C([2H])([2H])C1([2H])[2H]. The van der Waals surface area contributed by atoms with Crippen molar-refractivity contribution in [2.45, 2.75) is 45.1 Å². The van der Waals surface area contributed by atoms with E-state index in [1.807, 2.05) is 0 Å². The lowest BCUT2D eigenvalue weighted by molar-refractivity contribution is -0.137. The van der Waals surface area contributed by atoms with E-state index in [1.165, 1.54) is 0 Å². The van der Waals surface area contributed by atoms with Gasteiger partial charge in [0.25, 0.3) is 0 Å². The van der Waals surface area contributed by atoms with Gasteiger partial charge in [-0.15, -0.1) is 0 Å². The molecule has 0 atom stereocenters. The summed E-state index contributed by atoms with van der Waals surface area (Å²) in [6.07, 6.45) is -5.25. The lowest BCUT2D eigenvalue weighted by atomic mass is 9.78. The first-order chi connectivity index (χ1) is 16.1. The van der Waals surface area contributed by atoms with Gasteiger partial charge in [-0.25, -0.2) is 0 Å². The standard InChI is InChI=1S/C18H26BF3N2O2/c1-16(2)17(3,4)26-19(25-16)13-6-7-15(14(12-13)18(20,21)22)24-10-8-23(5)9-11-24/h6-7,12H,8-11H2,1-5H3/i5D3,8D2,9D2,10D2,11D2. The highest BCUT2D eigenvalue weighted by molar-refractivity contribution is 6.62. The van der Waals surface area contributed by atoms with Gasteiger partial charge in [-0.3, -0.25) is 0 Å². The summed E-state index contributed by atoms with van der Waals surface area (Å²) in [5.41, 5.74) is -4.84. The third-order valence-electron chi connectivity index (χ3n) is 4.64. The van der Waals surface area contributed by atoms with E-state index in [-0.39, 0.29) is 10.4 Å². The molecule has 3 rings (SSSR count). The summed E-state index contributed by atoms with van der Waals surface area (Å²) in [6, 6.07) is 2.24. The van der Waals surface area contributed by atoms with Crippen LogP contribution in [0.5, 0.6) is 0 Å². The van der Waals surface area contributed by atoms with Crippen LogP contribution in [0.3, 0.4) is 0 Å². The molecular weight excluding hydrogens is 344 g/mol. The van der Waals surface area contributed by atoms with E-state index in [0.717, 1.165) is 6.07 Å². The van der Waals surface area contributed by atoms with Crippen LogP contribution in [-0.2, 0) is 15.5 Å². The normalized spacial score (nSPS) is 38.0. The van der Waals surface area contributed by atoms with E-state index >= 15 is 0 Å². The first-order valence-corrected chi connectivity index (χ1v) is 7.81. The predicted octanol–water partition coefficient (Wildman–Crippen LogP) is 2.76. The molecule has 0 aliphatic carbocycles. The largest absolute Gasteiger partial charge is 0.494 e. The molecule has 0 N–H and O–H groups in total. The maximum atomic E-state index is 14.3. The van der Waals surface area contributed by atoms with E-state index in [9.17, 15) is 13.2 Å². The smallest absolute Gasteiger partial charge is 0.399 e. The first-order valence-electron chi connectivity index (χ1n) is 13.3. The molecule has 1 aromatic rings. The average Bonchev–Trinajstić information content (AvgIpc) is 2.85. The lowest BCUT2D eigenvalue weighted by Crippen LogP contribution is -2.45. The van der Waals surface area contributed by atoms with Crippen molar-refractivity contribution in [2.24, 2.45) is 0 Å². The molecule has 0 unspecified atom stereocenters. The number of likely N-dealkylation sites (N-methyl/N-ethyl adjacent to an activating group) is 1. The molecule has 0 radical (unpaired) electrons. The summed E-state index contributed by atoms with van der Waals surface area (Å²) in [6.45, 7) is -12.3. The number of nitrogens with zero attached hydrogens (tertiary/aromatic N) is 2. The molecule has 0 amide bonds. The second-order valence-corrected chi connectivity index (χ2v) is 6.98. The van der Waals surface area contributed by atoms with Crippen LogP contribution in [0.15, 0.2) is 18.2 Å². The van der Waals surface area contributed by atoms with Gasteiger partial charge in [0.2, 0.25) is 0 Å². The van der Waals surface area contributed by atoms with Crippen molar-refractivity contribution in [3.8, 4) is 0 Å². The Hall–Kier alpha value is -1.25. The molecule has 0 saturated carbocycles. The van der Waals surface area contributed by atoms with Crippen molar-refractivity contribution < 1.29 is 37.6 Å². The summed E-state index contributed by atoms with van der Waals surface area (Å²) in [4.78, 5) is -0.922. The zero-order chi connectivity index (χ0) is 29.0. The van der Waals surface area contributed by atoms with E-state index in [4.69, 9.17) is 24.4 Å². The molecule has 2 aliphatic rings. The number of piperazine rings is 1. The topological polar surface area (TPSA) is 24.9 Å². The van der Waals surface area contributed by atoms with Crippen molar-refractivity contribution in [3.05, 3.63) is 23.8 Å². The van der Waals surface area contributed by atoms with Crippen LogP contribution in [0.1, 0.15) is 48.3 Å². The fourth-order valence-corrected chi connectivity index (χ4v) is 2.48. The molecule has 4 nitrogen and oxygen atoms in total.